The van der Waals surface area contributed by atoms with Crippen molar-refractivity contribution in [2.24, 2.45) is 5.92 Å². The molecule has 0 unspecified atom stereocenters. The average molecular weight is 344 g/mol. The largest absolute Gasteiger partial charge is 0.459 e. The third-order valence-electron chi connectivity index (χ3n) is 4.11. The molecule has 4 N–H and O–H groups in total. The van der Waals surface area contributed by atoms with Crippen molar-refractivity contribution in [2.45, 2.75) is 33.2 Å². The molecule has 25 heavy (non-hydrogen) atoms. The van der Waals surface area contributed by atoms with E-state index in [9.17, 15) is 9.59 Å². The maximum Gasteiger partial charge on any atom is 0.305 e. The number of hydrogen-bond acceptors (Lipinski definition) is 3. The summed E-state index contributed by atoms with van der Waals surface area (Å²) in [5, 5.41) is 1.99. The molecule has 0 saturated carbocycles. The van der Waals surface area contributed by atoms with Crippen LogP contribution in [0.1, 0.15) is 48.5 Å². The second-order valence-electron chi connectivity index (χ2n) is 6.28. The van der Waals surface area contributed by atoms with Crippen LogP contribution in [0.4, 0.5) is 0 Å². The van der Waals surface area contributed by atoms with E-state index in [1.54, 1.807) is 6.07 Å². The predicted molar refractivity (Wildman–Crippen MR) is 94.5 cm³/mol. The van der Waals surface area contributed by atoms with Gasteiger partial charge in [-0.3, -0.25) is 20.4 Å². The van der Waals surface area contributed by atoms with Crippen molar-refractivity contribution in [1.29, 1.82) is 0 Å². The van der Waals surface area contributed by atoms with E-state index in [0.717, 1.165) is 6.42 Å². The average Bonchev–Trinajstić information content (AvgIpc) is 3.15. The number of amides is 2. The van der Waals surface area contributed by atoms with Crippen LogP contribution in [0.15, 0.2) is 47.1 Å². The zero-order valence-electron chi connectivity index (χ0n) is 14.9. The highest BCUT2D eigenvalue weighted by Gasteiger charge is 2.20. The molecule has 1 atom stereocenters. The zero-order chi connectivity index (χ0) is 18.2. The molecule has 0 aliphatic heterocycles. The van der Waals surface area contributed by atoms with E-state index in [4.69, 9.17) is 4.42 Å². The molecule has 6 nitrogen and oxygen atoms in total. The number of furan rings is 1. The first-order chi connectivity index (χ1) is 12.0. The van der Waals surface area contributed by atoms with Gasteiger partial charge < -0.3 is 9.73 Å². The molecule has 2 aromatic rings. The lowest BCUT2D eigenvalue weighted by Gasteiger charge is -2.19. The summed E-state index contributed by atoms with van der Waals surface area (Å²) >= 11 is 0. The molecule has 2 rings (SSSR count). The number of rotatable bonds is 7. The first-order valence-electron chi connectivity index (χ1n) is 8.56. The normalized spacial score (nSPS) is 12.0. The molecule has 1 heterocycles. The fraction of sp³-hybridized carbons (Fsp3) is 0.368. The lowest BCUT2D eigenvalue weighted by atomic mass is 9.95. The van der Waals surface area contributed by atoms with E-state index in [1.807, 2.05) is 5.32 Å². The summed E-state index contributed by atoms with van der Waals surface area (Å²) in [4.78, 5) is 23.7. The number of benzene rings is 1. The van der Waals surface area contributed by atoms with Gasteiger partial charge in [0.2, 0.25) is 0 Å². The van der Waals surface area contributed by atoms with Gasteiger partial charge in [0, 0.05) is 11.5 Å². The molecule has 0 aliphatic rings. The van der Waals surface area contributed by atoms with Crippen molar-refractivity contribution in [2.75, 3.05) is 6.54 Å². The van der Waals surface area contributed by atoms with E-state index in [1.165, 1.54) is 23.5 Å². The summed E-state index contributed by atoms with van der Waals surface area (Å²) in [5.41, 5.74) is 7.24. The maximum absolute atomic E-state index is 12.0. The van der Waals surface area contributed by atoms with Gasteiger partial charge in [-0.05, 0) is 24.1 Å². The van der Waals surface area contributed by atoms with Crippen LogP contribution in [-0.4, -0.2) is 18.4 Å². The number of carbonyl (C=O) groups excluding carboxylic acids is 2. The molecule has 0 spiro atoms. The monoisotopic (exact) mass is 344 g/mol. The molecule has 0 aliphatic carbocycles. The third-order valence-corrected chi connectivity index (χ3v) is 4.11. The Balaban J connectivity index is 1.85. The van der Waals surface area contributed by atoms with Crippen LogP contribution in [0.2, 0.25) is 0 Å². The highest BCUT2D eigenvalue weighted by atomic mass is 16.3. The molecule has 1 aromatic heterocycles. The first kappa shape index (κ1) is 18.7. The molecule has 0 bridgehead atoms. The number of nitrogens with one attached hydrogen (secondary N) is 2. The van der Waals surface area contributed by atoms with Gasteiger partial charge in [0.05, 0.1) is 6.26 Å². The summed E-state index contributed by atoms with van der Waals surface area (Å²) in [6, 6.07) is 11.8. The van der Waals surface area contributed by atoms with E-state index < -0.39 is 5.91 Å². The lowest BCUT2D eigenvalue weighted by Crippen LogP contribution is -2.88. The Morgan fingerprint density at radius 2 is 1.84 bits per heavy atom. The van der Waals surface area contributed by atoms with Crippen molar-refractivity contribution >= 4 is 11.8 Å². The van der Waals surface area contributed by atoms with Gasteiger partial charge in [0.1, 0.15) is 6.04 Å². The molecule has 6 heteroatoms. The Labute approximate surface area is 148 Å². The quantitative estimate of drug-likeness (QED) is 0.666. The molecule has 0 saturated heterocycles. The minimum Gasteiger partial charge on any atom is -0.459 e. The fourth-order valence-corrected chi connectivity index (χ4v) is 2.65. The molecule has 0 fully saturated rings. The Morgan fingerprint density at radius 3 is 2.40 bits per heavy atom. The molecule has 134 valence electrons. The number of nitrogens with two attached hydrogens (primary N) is 1. The lowest BCUT2D eigenvalue weighted by molar-refractivity contribution is -0.692. The van der Waals surface area contributed by atoms with Crippen LogP contribution >= 0.6 is 0 Å². The Morgan fingerprint density at radius 1 is 1.12 bits per heavy atom. The van der Waals surface area contributed by atoms with E-state index >= 15 is 0 Å². The minimum absolute atomic E-state index is 0.153. The number of aryl methyl sites for hydroxylation is 1. The molecule has 2 amide bonds. The Kier molecular flexibility index (Phi) is 6.77. The van der Waals surface area contributed by atoms with Crippen LogP contribution in [0.25, 0.3) is 0 Å². The van der Waals surface area contributed by atoms with E-state index in [2.05, 4.69) is 55.9 Å². The first-order valence-corrected chi connectivity index (χ1v) is 8.56. The van der Waals surface area contributed by atoms with Gasteiger partial charge in [0.25, 0.3) is 5.91 Å². The van der Waals surface area contributed by atoms with Gasteiger partial charge in [-0.1, -0.05) is 45.0 Å². The number of hydrogen-bond donors (Lipinski definition) is 3. The van der Waals surface area contributed by atoms with Gasteiger partial charge in [0.15, 0.2) is 12.3 Å². The SMILES string of the molecule is CCc1ccc([C@H]([NH2+]CC(=O)NNC(=O)c2ccco2)C(C)C)cc1. The molecule has 0 radical (unpaired) electrons. The summed E-state index contributed by atoms with van der Waals surface area (Å²) in [7, 11) is 0. The van der Waals surface area contributed by atoms with Crippen molar-refractivity contribution < 1.29 is 19.3 Å². The zero-order valence-corrected chi connectivity index (χ0v) is 14.9. The van der Waals surface area contributed by atoms with Crippen LogP contribution in [-0.2, 0) is 11.2 Å². The van der Waals surface area contributed by atoms with Crippen LogP contribution in [0, 0.1) is 5.92 Å². The smallest absolute Gasteiger partial charge is 0.305 e. The van der Waals surface area contributed by atoms with Crippen molar-refractivity contribution in [1.82, 2.24) is 10.9 Å². The van der Waals surface area contributed by atoms with Gasteiger partial charge >= 0.3 is 5.91 Å². The van der Waals surface area contributed by atoms with Crippen molar-refractivity contribution in [3.8, 4) is 0 Å². The predicted octanol–water partition coefficient (Wildman–Crippen LogP) is 1.56. The Hall–Kier alpha value is -2.60. The number of quaternary nitrogens is 1. The van der Waals surface area contributed by atoms with E-state index in [-0.39, 0.29) is 24.3 Å². The summed E-state index contributed by atoms with van der Waals surface area (Å²) < 4.78 is 4.96. The summed E-state index contributed by atoms with van der Waals surface area (Å²) in [6.45, 7) is 6.61. The summed E-state index contributed by atoms with van der Waals surface area (Å²) in [6.07, 6.45) is 2.41. The Bertz CT molecular complexity index is 678. The summed E-state index contributed by atoms with van der Waals surface area (Å²) in [5.74, 6) is -0.219. The highest BCUT2D eigenvalue weighted by molar-refractivity contribution is 5.92. The van der Waals surface area contributed by atoms with Crippen molar-refractivity contribution in [3.63, 3.8) is 0 Å². The van der Waals surface area contributed by atoms with Gasteiger partial charge in [-0.25, -0.2) is 0 Å². The van der Waals surface area contributed by atoms with Crippen LogP contribution in [0.3, 0.4) is 0 Å². The number of carbonyl (C=O) groups is 2. The second-order valence-corrected chi connectivity index (χ2v) is 6.28. The molecule has 1 aromatic carbocycles. The highest BCUT2D eigenvalue weighted by Crippen LogP contribution is 2.18. The van der Waals surface area contributed by atoms with Gasteiger partial charge in [-0.2, -0.15) is 0 Å². The molecular weight excluding hydrogens is 318 g/mol. The van der Waals surface area contributed by atoms with Gasteiger partial charge in [-0.15, -0.1) is 0 Å². The maximum atomic E-state index is 12.0. The van der Waals surface area contributed by atoms with Crippen LogP contribution in [0.5, 0.6) is 0 Å². The fourth-order valence-electron chi connectivity index (χ4n) is 2.65. The number of hydrazine groups is 1. The van der Waals surface area contributed by atoms with E-state index in [0.29, 0.717) is 5.92 Å². The topological polar surface area (TPSA) is 88.0 Å². The minimum atomic E-state index is -0.478. The standard InChI is InChI=1S/C19H25N3O3/c1-4-14-7-9-15(10-8-14)18(13(2)3)20-12-17(23)21-22-19(24)16-6-5-11-25-16/h5-11,13,18,20H,4,12H2,1-3H3,(H,21,23)(H,22,24)/p+1/t18-/m1/s1. The molecular formula is C19H26N3O3+. The van der Waals surface area contributed by atoms with Crippen molar-refractivity contribution in [3.05, 3.63) is 59.5 Å². The second kappa shape index (κ2) is 9.03. The third kappa shape index (κ3) is 5.46. The van der Waals surface area contributed by atoms with Crippen LogP contribution < -0.4 is 16.2 Å².